The van der Waals surface area contributed by atoms with E-state index >= 15 is 0 Å². The maximum absolute atomic E-state index is 14.5. The number of benzene rings is 1. The lowest BCUT2D eigenvalue weighted by molar-refractivity contribution is -0.296. The zero-order valence-electron chi connectivity index (χ0n) is 34.6. The van der Waals surface area contributed by atoms with Crippen molar-refractivity contribution in [2.24, 2.45) is 28.7 Å². The number of ether oxygens (including phenoxy) is 5. The molecule has 55 heavy (non-hydrogen) atoms. The first-order chi connectivity index (χ1) is 25.8. The second-order valence-corrected chi connectivity index (χ2v) is 16.5. The maximum Gasteiger partial charge on any atom is 0.316 e. The Labute approximate surface area is 327 Å². The fraction of sp³-hybridized carbons (Fsp3) is 0.674. The Balaban J connectivity index is 1.97. The summed E-state index contributed by atoms with van der Waals surface area (Å²) >= 11 is 0. The average Bonchev–Trinajstić information content (AvgIpc) is 3.14. The zero-order chi connectivity index (χ0) is 40.8. The van der Waals surface area contributed by atoms with Crippen LogP contribution in [-0.2, 0) is 38.1 Å². The number of allylic oxidation sites excluding steroid dienone is 2. The topological polar surface area (TPSA) is 153 Å². The van der Waals surface area contributed by atoms with Crippen LogP contribution in [0.25, 0.3) is 6.08 Å². The largest absolute Gasteiger partial charge is 0.459 e. The van der Waals surface area contributed by atoms with Crippen molar-refractivity contribution in [3.8, 4) is 0 Å². The number of aliphatic hydroxyl groups is 2. The minimum atomic E-state index is -1.78. The average molecular weight is 769 g/mol. The minimum Gasteiger partial charge on any atom is -0.459 e. The van der Waals surface area contributed by atoms with Gasteiger partial charge in [0.05, 0.1) is 37.1 Å². The van der Waals surface area contributed by atoms with Gasteiger partial charge in [-0.05, 0) is 78.1 Å². The van der Waals surface area contributed by atoms with Gasteiger partial charge in [-0.15, -0.1) is 0 Å². The van der Waals surface area contributed by atoms with Crippen LogP contribution in [-0.4, -0.2) is 120 Å². The van der Waals surface area contributed by atoms with Crippen LogP contribution in [0.15, 0.2) is 53.0 Å². The number of aliphatic hydroxyl groups excluding tert-OH is 1. The van der Waals surface area contributed by atoms with E-state index in [4.69, 9.17) is 23.7 Å². The predicted molar refractivity (Wildman–Crippen MR) is 210 cm³/mol. The minimum absolute atomic E-state index is 0.00930. The third kappa shape index (κ3) is 10.7. The number of aliphatic imine (C=N–C) groups is 1. The molecule has 306 valence electrons. The molecule has 1 amide bonds. The molecule has 0 saturated carbocycles. The van der Waals surface area contributed by atoms with Gasteiger partial charge in [0.15, 0.2) is 12.1 Å². The van der Waals surface area contributed by atoms with Crippen molar-refractivity contribution in [3.63, 3.8) is 0 Å². The van der Waals surface area contributed by atoms with Gasteiger partial charge >= 0.3 is 5.97 Å². The molecule has 1 aromatic carbocycles. The van der Waals surface area contributed by atoms with Crippen LogP contribution in [0.3, 0.4) is 0 Å². The second kappa shape index (κ2) is 18.9. The summed E-state index contributed by atoms with van der Waals surface area (Å²) in [6.07, 6.45) is 1.13. The smallest absolute Gasteiger partial charge is 0.316 e. The number of fused-ring (bicyclic) bond motifs is 5. The molecule has 3 heterocycles. The standard InChI is InChI=1S/C43H64N2O10/c1-12-34-43(9,50)39-27(4)35(44-30(7)46)25(2)22-42(8,52-24-32(23-51-39)20-16-19-31-17-14-13-15-18-31)38(28(5)36(47)29(6)40(49)54-34)55-41-37(48)33(45(10)11)21-26(3)53-41/h13-20,25-29,33-34,37-39,41,48,50H,12,21-24H2,1-11H3/b19-16+,32-20+,44-35?/t25-,26-,27+,28+,29-,33+,34-,37-,38-,39?,41+,42-,43-/m1/s1. The van der Waals surface area contributed by atoms with Crippen molar-refractivity contribution < 1.29 is 48.3 Å². The van der Waals surface area contributed by atoms with Crippen molar-refractivity contribution >= 4 is 29.4 Å². The SMILES string of the molecule is CC[C@H]1OC(=O)[C@H](C)C(=O)[C@H](C)[C@@H](O[C@@H]2O[C@H](C)C[C@H](N(C)C)[C@H]2O)[C@@]2(C)C[C@@H](C)C(=NC(C)=O)[C@H](C)C(OC/C(=C\C=C\c3ccccc3)CO2)[C@]1(C)O. The van der Waals surface area contributed by atoms with Crippen molar-refractivity contribution in [2.45, 2.75) is 136 Å². The number of carbonyl (C=O) groups is 3. The van der Waals surface area contributed by atoms with E-state index < -0.39 is 83.2 Å². The molecule has 3 aliphatic rings. The highest BCUT2D eigenvalue weighted by Gasteiger charge is 2.53. The van der Waals surface area contributed by atoms with Gasteiger partial charge < -0.3 is 38.8 Å². The van der Waals surface area contributed by atoms with Gasteiger partial charge in [0.2, 0.25) is 5.91 Å². The first-order valence-electron chi connectivity index (χ1n) is 19.7. The van der Waals surface area contributed by atoms with E-state index in [1.165, 1.54) is 13.8 Å². The molecule has 3 aliphatic heterocycles. The summed E-state index contributed by atoms with van der Waals surface area (Å²) in [4.78, 5) is 47.5. The summed E-state index contributed by atoms with van der Waals surface area (Å²) in [5.74, 6) is -4.98. The molecular weight excluding hydrogens is 704 g/mol. The number of Topliss-reactive ketones (excluding diaryl/α,β-unsaturated/α-hetero) is 1. The highest BCUT2D eigenvalue weighted by atomic mass is 16.7. The molecule has 4 rings (SSSR count). The molecule has 0 aliphatic carbocycles. The van der Waals surface area contributed by atoms with Crippen LogP contribution in [0, 0.1) is 23.7 Å². The van der Waals surface area contributed by atoms with E-state index in [1.54, 1.807) is 20.8 Å². The quantitative estimate of drug-likeness (QED) is 0.291. The summed E-state index contributed by atoms with van der Waals surface area (Å²) in [6.45, 7) is 15.5. The highest BCUT2D eigenvalue weighted by Crippen LogP contribution is 2.40. The van der Waals surface area contributed by atoms with E-state index in [-0.39, 0.29) is 38.2 Å². The second-order valence-electron chi connectivity index (χ2n) is 16.5. The maximum atomic E-state index is 14.5. The number of cyclic esters (lactones) is 1. The predicted octanol–water partition coefficient (Wildman–Crippen LogP) is 5.19. The third-order valence-electron chi connectivity index (χ3n) is 11.6. The van der Waals surface area contributed by atoms with Crippen LogP contribution in [0.5, 0.6) is 0 Å². The van der Waals surface area contributed by atoms with Crippen molar-refractivity contribution in [3.05, 3.63) is 53.6 Å². The molecule has 13 atom stereocenters. The molecule has 12 nitrogen and oxygen atoms in total. The van der Waals surface area contributed by atoms with E-state index in [9.17, 15) is 24.6 Å². The lowest BCUT2D eigenvalue weighted by Gasteiger charge is -2.47. The summed E-state index contributed by atoms with van der Waals surface area (Å²) < 4.78 is 32.6. The van der Waals surface area contributed by atoms with Gasteiger partial charge in [0.1, 0.15) is 23.7 Å². The number of likely N-dealkylation sites (N-methyl/N-ethyl adjacent to an activating group) is 1. The molecule has 2 bridgehead atoms. The summed E-state index contributed by atoms with van der Waals surface area (Å²) in [7, 11) is 3.77. The zero-order valence-corrected chi connectivity index (χ0v) is 34.6. The molecule has 0 spiro atoms. The van der Waals surface area contributed by atoms with Gasteiger partial charge in [-0.2, -0.15) is 0 Å². The van der Waals surface area contributed by atoms with Gasteiger partial charge in [-0.25, -0.2) is 4.99 Å². The van der Waals surface area contributed by atoms with Gasteiger partial charge in [-0.3, -0.25) is 14.4 Å². The lowest BCUT2D eigenvalue weighted by Crippen LogP contribution is -2.60. The highest BCUT2D eigenvalue weighted by molar-refractivity contribution is 6.00. The van der Waals surface area contributed by atoms with Crippen LogP contribution in [0.1, 0.15) is 87.1 Å². The van der Waals surface area contributed by atoms with E-state index in [1.807, 2.05) is 95.3 Å². The fourth-order valence-electron chi connectivity index (χ4n) is 8.53. The van der Waals surface area contributed by atoms with Gasteiger partial charge in [0.25, 0.3) is 0 Å². The number of rotatable bonds is 6. The molecule has 2 N–H and O–H groups in total. The van der Waals surface area contributed by atoms with E-state index in [2.05, 4.69) is 4.99 Å². The Morgan fingerprint density at radius 3 is 2.35 bits per heavy atom. The molecule has 0 radical (unpaired) electrons. The number of hydrogen-bond acceptors (Lipinski definition) is 11. The van der Waals surface area contributed by atoms with Gasteiger partial charge in [0, 0.05) is 30.5 Å². The Morgan fingerprint density at radius 1 is 1.05 bits per heavy atom. The Bertz CT molecular complexity index is 1570. The number of esters is 1. The molecule has 3 fully saturated rings. The van der Waals surface area contributed by atoms with Crippen molar-refractivity contribution in [1.29, 1.82) is 0 Å². The Kier molecular flexibility index (Phi) is 15.3. The first kappa shape index (κ1) is 44.6. The number of amides is 1. The van der Waals surface area contributed by atoms with Crippen LogP contribution < -0.4 is 0 Å². The molecule has 12 heteroatoms. The Morgan fingerprint density at radius 2 is 1.73 bits per heavy atom. The molecule has 0 aromatic heterocycles. The normalized spacial score (nSPS) is 40.1. The number of carbonyl (C=O) groups excluding carboxylic acids is 3. The van der Waals surface area contributed by atoms with Crippen LogP contribution >= 0.6 is 0 Å². The lowest BCUT2D eigenvalue weighted by atomic mass is 9.73. The number of ketones is 1. The summed E-state index contributed by atoms with van der Waals surface area (Å²) in [5, 5.41) is 24.0. The summed E-state index contributed by atoms with van der Waals surface area (Å²) in [6, 6.07) is 9.54. The van der Waals surface area contributed by atoms with Crippen LogP contribution in [0.4, 0.5) is 0 Å². The first-order valence-corrected chi connectivity index (χ1v) is 19.7. The Hall–Kier alpha value is -3.10. The number of nitrogens with zero attached hydrogens (tertiary/aromatic N) is 2. The fourth-order valence-corrected chi connectivity index (χ4v) is 8.53. The number of hydrogen-bond donors (Lipinski definition) is 2. The van der Waals surface area contributed by atoms with Crippen molar-refractivity contribution in [1.82, 2.24) is 4.90 Å². The van der Waals surface area contributed by atoms with Crippen LogP contribution in [0.2, 0.25) is 0 Å². The molecule has 1 unspecified atom stereocenters. The summed E-state index contributed by atoms with van der Waals surface area (Å²) in [5.41, 5.74) is -0.903. The van der Waals surface area contributed by atoms with E-state index in [0.717, 1.165) is 5.56 Å². The van der Waals surface area contributed by atoms with Crippen molar-refractivity contribution in [2.75, 3.05) is 27.3 Å². The van der Waals surface area contributed by atoms with Gasteiger partial charge in [-0.1, -0.05) is 76.3 Å². The van der Waals surface area contributed by atoms with E-state index in [0.29, 0.717) is 17.7 Å². The molecule has 3 saturated heterocycles. The molecule has 1 aromatic rings. The third-order valence-corrected chi connectivity index (χ3v) is 11.6. The molecular formula is C43H64N2O10. The monoisotopic (exact) mass is 768 g/mol.